The van der Waals surface area contributed by atoms with Crippen molar-refractivity contribution in [1.82, 2.24) is 9.55 Å². The molecular formula is C22H22N2O4. The van der Waals surface area contributed by atoms with Crippen LogP contribution in [0.5, 0.6) is 0 Å². The number of ether oxygens (including phenoxy) is 1. The van der Waals surface area contributed by atoms with Gasteiger partial charge < -0.3 is 9.72 Å². The van der Waals surface area contributed by atoms with Crippen LogP contribution in [-0.4, -0.2) is 27.4 Å². The molecule has 2 aromatic carbocycles. The summed E-state index contributed by atoms with van der Waals surface area (Å²) in [6.07, 6.45) is 1.61. The molecule has 0 saturated carbocycles. The highest BCUT2D eigenvalue weighted by molar-refractivity contribution is 6.01. The number of aromatic amines is 1. The van der Waals surface area contributed by atoms with E-state index in [1.165, 1.54) is 4.57 Å². The number of hydrogen-bond donors (Lipinski definition) is 1. The molecule has 3 rings (SSSR count). The third-order valence-corrected chi connectivity index (χ3v) is 4.62. The van der Waals surface area contributed by atoms with E-state index in [4.69, 9.17) is 4.74 Å². The zero-order valence-electron chi connectivity index (χ0n) is 16.1. The average molecular weight is 378 g/mol. The van der Waals surface area contributed by atoms with Gasteiger partial charge in [0.05, 0.1) is 11.3 Å². The van der Waals surface area contributed by atoms with Gasteiger partial charge in [-0.15, -0.1) is 0 Å². The van der Waals surface area contributed by atoms with Crippen molar-refractivity contribution < 1.29 is 14.3 Å². The lowest BCUT2D eigenvalue weighted by atomic mass is 10.0. The lowest BCUT2D eigenvalue weighted by Crippen LogP contribution is -2.24. The van der Waals surface area contributed by atoms with Crippen LogP contribution < -0.4 is 5.69 Å². The number of nitrogens with one attached hydrogen (secondary N) is 1. The largest absolute Gasteiger partial charge is 0.451 e. The summed E-state index contributed by atoms with van der Waals surface area (Å²) in [6.45, 7) is 5.41. The number of imidazole rings is 1. The highest BCUT2D eigenvalue weighted by Gasteiger charge is 2.20. The third-order valence-electron chi connectivity index (χ3n) is 4.62. The number of Topliss-reactive ketones (excluding diaryl/α,β-unsaturated/α-hetero) is 1. The number of benzene rings is 2. The van der Waals surface area contributed by atoms with Crippen LogP contribution in [0.3, 0.4) is 0 Å². The molecule has 0 aliphatic heterocycles. The number of carbonyl (C=O) groups is 2. The van der Waals surface area contributed by atoms with Crippen LogP contribution in [0.4, 0.5) is 0 Å². The van der Waals surface area contributed by atoms with Gasteiger partial charge in [-0.1, -0.05) is 31.2 Å². The van der Waals surface area contributed by atoms with Crippen LogP contribution in [0.1, 0.15) is 45.8 Å². The van der Waals surface area contributed by atoms with Gasteiger partial charge in [0.15, 0.2) is 6.10 Å². The summed E-state index contributed by atoms with van der Waals surface area (Å²) in [6, 6.07) is 13.8. The van der Waals surface area contributed by atoms with E-state index in [-0.39, 0.29) is 11.5 Å². The number of aryl methyl sites for hydroxylation is 2. The molecule has 1 aromatic heterocycles. The normalized spacial score (nSPS) is 11.8. The molecule has 1 N–H and O–H groups in total. The second-order valence-corrected chi connectivity index (χ2v) is 6.58. The molecule has 28 heavy (non-hydrogen) atoms. The Morgan fingerprint density at radius 3 is 2.18 bits per heavy atom. The van der Waals surface area contributed by atoms with Crippen molar-refractivity contribution >= 4 is 11.8 Å². The molecule has 0 spiro atoms. The Kier molecular flexibility index (Phi) is 5.59. The fraction of sp³-hybridized carbons (Fsp3) is 0.227. The summed E-state index contributed by atoms with van der Waals surface area (Å²) >= 11 is 0. The minimum atomic E-state index is -0.894. The lowest BCUT2D eigenvalue weighted by Gasteiger charge is -2.13. The molecule has 6 nitrogen and oxygen atoms in total. The van der Waals surface area contributed by atoms with Gasteiger partial charge in [0, 0.05) is 17.5 Å². The fourth-order valence-corrected chi connectivity index (χ4v) is 2.94. The van der Waals surface area contributed by atoms with Gasteiger partial charge in [-0.2, -0.15) is 0 Å². The van der Waals surface area contributed by atoms with Gasteiger partial charge in [-0.25, -0.2) is 9.59 Å². The molecule has 0 saturated heterocycles. The second-order valence-electron chi connectivity index (χ2n) is 6.58. The zero-order valence-corrected chi connectivity index (χ0v) is 16.1. The topological polar surface area (TPSA) is 81.2 Å². The molecule has 1 heterocycles. The molecule has 0 fully saturated rings. The monoisotopic (exact) mass is 378 g/mol. The van der Waals surface area contributed by atoms with Crippen molar-refractivity contribution in [3.63, 3.8) is 0 Å². The quantitative estimate of drug-likeness (QED) is 0.526. The number of H-pyrrole nitrogens is 1. The van der Waals surface area contributed by atoms with Gasteiger partial charge in [0.25, 0.3) is 0 Å². The Hall–Kier alpha value is -3.41. The van der Waals surface area contributed by atoms with E-state index < -0.39 is 12.1 Å². The summed E-state index contributed by atoms with van der Waals surface area (Å²) < 4.78 is 6.83. The summed E-state index contributed by atoms with van der Waals surface area (Å²) in [5.74, 6) is -0.835. The third kappa shape index (κ3) is 3.96. The first-order valence-electron chi connectivity index (χ1n) is 9.12. The standard InChI is InChI=1S/C22H22N2O4/c1-4-16-5-7-17(8-6-16)20(25)15(3)28-21(26)18-9-11-19(12-10-18)24-14(2)13-23-22(24)27/h5-13,15H,4H2,1-3H3,(H,23,27). The lowest BCUT2D eigenvalue weighted by molar-refractivity contribution is 0.0319. The maximum Gasteiger partial charge on any atom is 0.338 e. The van der Waals surface area contributed by atoms with Gasteiger partial charge in [0.1, 0.15) is 0 Å². The zero-order chi connectivity index (χ0) is 20.3. The number of ketones is 1. The number of nitrogens with zero attached hydrogens (tertiary/aromatic N) is 1. The first kappa shape index (κ1) is 19.4. The van der Waals surface area contributed by atoms with Gasteiger partial charge >= 0.3 is 11.7 Å². The first-order chi connectivity index (χ1) is 13.4. The van der Waals surface area contributed by atoms with E-state index in [9.17, 15) is 14.4 Å². The van der Waals surface area contributed by atoms with Crippen molar-refractivity contribution in [3.05, 3.63) is 87.6 Å². The molecule has 0 bridgehead atoms. The highest BCUT2D eigenvalue weighted by atomic mass is 16.5. The van der Waals surface area contributed by atoms with Crippen LogP contribution in [0, 0.1) is 6.92 Å². The molecule has 0 aliphatic carbocycles. The Morgan fingerprint density at radius 1 is 1.04 bits per heavy atom. The maximum atomic E-state index is 12.5. The van der Waals surface area contributed by atoms with Crippen molar-refractivity contribution in [2.24, 2.45) is 0 Å². The molecule has 0 aliphatic rings. The van der Waals surface area contributed by atoms with Crippen LogP contribution in [0.25, 0.3) is 5.69 Å². The molecule has 3 aromatic rings. The molecule has 144 valence electrons. The Bertz CT molecular complexity index is 1040. The van der Waals surface area contributed by atoms with Crippen molar-refractivity contribution in [1.29, 1.82) is 0 Å². The van der Waals surface area contributed by atoms with Crippen LogP contribution in [-0.2, 0) is 11.2 Å². The average Bonchev–Trinajstić information content (AvgIpc) is 3.05. The molecule has 0 amide bonds. The maximum absolute atomic E-state index is 12.5. The SMILES string of the molecule is CCc1ccc(C(=O)C(C)OC(=O)c2ccc(-n3c(C)c[nH]c3=O)cc2)cc1. The minimum absolute atomic E-state index is 0.248. The molecule has 0 radical (unpaired) electrons. The summed E-state index contributed by atoms with van der Waals surface area (Å²) in [5.41, 5.74) is 3.11. The van der Waals surface area contributed by atoms with Crippen molar-refractivity contribution in [2.75, 3.05) is 0 Å². The summed E-state index contributed by atoms with van der Waals surface area (Å²) in [5, 5.41) is 0. The predicted octanol–water partition coefficient (Wildman–Crippen LogP) is 3.46. The predicted molar refractivity (Wildman–Crippen MR) is 106 cm³/mol. The Morgan fingerprint density at radius 2 is 1.64 bits per heavy atom. The first-order valence-corrected chi connectivity index (χ1v) is 9.12. The van der Waals surface area contributed by atoms with Crippen molar-refractivity contribution in [3.8, 4) is 5.69 Å². The number of hydrogen-bond acceptors (Lipinski definition) is 4. The molecule has 1 unspecified atom stereocenters. The smallest absolute Gasteiger partial charge is 0.338 e. The van der Waals surface area contributed by atoms with E-state index in [1.807, 2.05) is 19.1 Å². The van der Waals surface area contributed by atoms with Crippen LogP contribution >= 0.6 is 0 Å². The minimum Gasteiger partial charge on any atom is -0.451 e. The number of aromatic nitrogens is 2. The Balaban J connectivity index is 1.70. The number of carbonyl (C=O) groups excluding carboxylic acids is 2. The van der Waals surface area contributed by atoms with E-state index in [0.717, 1.165) is 17.7 Å². The number of rotatable bonds is 6. The molecule has 6 heteroatoms. The van der Waals surface area contributed by atoms with E-state index in [0.29, 0.717) is 16.8 Å². The van der Waals surface area contributed by atoms with Crippen molar-refractivity contribution in [2.45, 2.75) is 33.3 Å². The van der Waals surface area contributed by atoms with E-state index in [2.05, 4.69) is 4.98 Å². The number of esters is 1. The molecule has 1 atom stereocenters. The van der Waals surface area contributed by atoms with Crippen LogP contribution in [0.15, 0.2) is 59.5 Å². The van der Waals surface area contributed by atoms with Crippen LogP contribution in [0.2, 0.25) is 0 Å². The van der Waals surface area contributed by atoms with E-state index >= 15 is 0 Å². The van der Waals surface area contributed by atoms with E-state index in [1.54, 1.807) is 56.4 Å². The Labute approximate surface area is 162 Å². The molecular weight excluding hydrogens is 356 g/mol. The highest BCUT2D eigenvalue weighted by Crippen LogP contribution is 2.14. The van der Waals surface area contributed by atoms with Gasteiger partial charge in [-0.05, 0) is 50.1 Å². The fourth-order valence-electron chi connectivity index (χ4n) is 2.94. The summed E-state index contributed by atoms with van der Waals surface area (Å²) in [7, 11) is 0. The summed E-state index contributed by atoms with van der Waals surface area (Å²) in [4.78, 5) is 39.3. The van der Waals surface area contributed by atoms with Gasteiger partial charge in [0.2, 0.25) is 5.78 Å². The second kappa shape index (κ2) is 8.08. The van der Waals surface area contributed by atoms with Gasteiger partial charge in [-0.3, -0.25) is 9.36 Å².